The SMILES string of the molecule is COCC(=N)c1ccccc1. The number of rotatable bonds is 3. The van der Waals surface area contributed by atoms with Gasteiger partial charge in [-0.3, -0.25) is 0 Å². The van der Waals surface area contributed by atoms with Crippen molar-refractivity contribution in [2.24, 2.45) is 0 Å². The van der Waals surface area contributed by atoms with Crippen LogP contribution in [0.3, 0.4) is 0 Å². The monoisotopic (exact) mass is 149 g/mol. The van der Waals surface area contributed by atoms with E-state index < -0.39 is 0 Å². The van der Waals surface area contributed by atoms with Gasteiger partial charge in [0.05, 0.1) is 12.3 Å². The zero-order valence-electron chi connectivity index (χ0n) is 6.50. The van der Waals surface area contributed by atoms with Crippen molar-refractivity contribution in [2.75, 3.05) is 13.7 Å². The molecule has 0 aromatic heterocycles. The standard InChI is InChI=1S/C9H11NO/c1-11-7-9(10)8-5-3-2-4-6-8/h2-6,10H,7H2,1H3. The van der Waals surface area contributed by atoms with E-state index in [-0.39, 0.29) is 0 Å². The van der Waals surface area contributed by atoms with Crippen LogP contribution < -0.4 is 0 Å². The van der Waals surface area contributed by atoms with E-state index in [4.69, 9.17) is 10.1 Å². The summed E-state index contributed by atoms with van der Waals surface area (Å²) in [5, 5.41) is 7.50. The van der Waals surface area contributed by atoms with Gasteiger partial charge in [-0.25, -0.2) is 0 Å². The van der Waals surface area contributed by atoms with Gasteiger partial charge in [0.1, 0.15) is 0 Å². The fourth-order valence-electron chi connectivity index (χ4n) is 0.867. The lowest BCUT2D eigenvalue weighted by atomic mass is 10.1. The lowest BCUT2D eigenvalue weighted by Gasteiger charge is -2.00. The molecule has 1 aromatic carbocycles. The van der Waals surface area contributed by atoms with Gasteiger partial charge in [-0.05, 0) is 5.56 Å². The Kier molecular flexibility index (Phi) is 2.81. The molecule has 0 saturated heterocycles. The molecule has 0 radical (unpaired) electrons. The van der Waals surface area contributed by atoms with Gasteiger partial charge >= 0.3 is 0 Å². The van der Waals surface area contributed by atoms with Crippen molar-refractivity contribution in [3.8, 4) is 0 Å². The molecule has 0 amide bonds. The minimum Gasteiger partial charge on any atom is -0.378 e. The normalized spacial score (nSPS) is 9.55. The summed E-state index contributed by atoms with van der Waals surface area (Å²) in [6, 6.07) is 9.57. The summed E-state index contributed by atoms with van der Waals surface area (Å²) >= 11 is 0. The van der Waals surface area contributed by atoms with Crippen molar-refractivity contribution in [3.05, 3.63) is 35.9 Å². The van der Waals surface area contributed by atoms with E-state index in [0.29, 0.717) is 12.3 Å². The first kappa shape index (κ1) is 7.95. The maximum atomic E-state index is 7.50. The molecule has 1 aromatic rings. The predicted octanol–water partition coefficient (Wildman–Crippen LogP) is 1.70. The van der Waals surface area contributed by atoms with E-state index in [2.05, 4.69) is 0 Å². The van der Waals surface area contributed by atoms with Gasteiger partial charge in [0.2, 0.25) is 0 Å². The molecule has 0 aliphatic carbocycles. The minimum absolute atomic E-state index is 0.379. The zero-order valence-corrected chi connectivity index (χ0v) is 6.50. The van der Waals surface area contributed by atoms with E-state index in [9.17, 15) is 0 Å². The van der Waals surface area contributed by atoms with Gasteiger partial charge in [-0.1, -0.05) is 30.3 Å². The van der Waals surface area contributed by atoms with Crippen LogP contribution in [0.2, 0.25) is 0 Å². The molecule has 1 rings (SSSR count). The van der Waals surface area contributed by atoms with E-state index in [1.165, 1.54) is 0 Å². The lowest BCUT2D eigenvalue weighted by Crippen LogP contribution is -2.06. The molecule has 0 spiro atoms. The number of methoxy groups -OCH3 is 1. The summed E-state index contributed by atoms with van der Waals surface area (Å²) in [6.45, 7) is 0.379. The number of ether oxygens (including phenoxy) is 1. The second kappa shape index (κ2) is 3.88. The molecule has 0 heterocycles. The van der Waals surface area contributed by atoms with Crippen molar-refractivity contribution < 1.29 is 4.74 Å². The van der Waals surface area contributed by atoms with Crippen LogP contribution in [0.15, 0.2) is 30.3 Å². The molecule has 2 heteroatoms. The molecule has 1 N–H and O–H groups in total. The third-order valence-corrected chi connectivity index (χ3v) is 1.41. The highest BCUT2D eigenvalue weighted by Crippen LogP contribution is 1.99. The fourth-order valence-corrected chi connectivity index (χ4v) is 0.867. The largest absolute Gasteiger partial charge is 0.378 e. The maximum Gasteiger partial charge on any atom is 0.0883 e. The summed E-state index contributed by atoms with van der Waals surface area (Å²) in [4.78, 5) is 0. The smallest absolute Gasteiger partial charge is 0.0883 e. The van der Waals surface area contributed by atoms with Gasteiger partial charge in [0, 0.05) is 7.11 Å². The Balaban J connectivity index is 2.69. The van der Waals surface area contributed by atoms with Crippen LogP contribution in [-0.2, 0) is 4.74 Å². The first-order valence-electron chi connectivity index (χ1n) is 3.46. The average molecular weight is 149 g/mol. The van der Waals surface area contributed by atoms with Gasteiger partial charge in [0.15, 0.2) is 0 Å². The fraction of sp³-hybridized carbons (Fsp3) is 0.222. The zero-order chi connectivity index (χ0) is 8.10. The van der Waals surface area contributed by atoms with Crippen molar-refractivity contribution in [3.63, 3.8) is 0 Å². The van der Waals surface area contributed by atoms with Crippen LogP contribution >= 0.6 is 0 Å². The quantitative estimate of drug-likeness (QED) is 0.652. The molecule has 0 saturated carbocycles. The molecular weight excluding hydrogens is 138 g/mol. The molecule has 0 unspecified atom stereocenters. The van der Waals surface area contributed by atoms with Gasteiger partial charge in [-0.15, -0.1) is 0 Å². The molecular formula is C9H11NO. The third kappa shape index (κ3) is 2.16. The van der Waals surface area contributed by atoms with Crippen LogP contribution in [0, 0.1) is 5.41 Å². The Hall–Kier alpha value is -1.15. The Morgan fingerprint density at radius 2 is 2.00 bits per heavy atom. The van der Waals surface area contributed by atoms with E-state index in [1.807, 2.05) is 30.3 Å². The van der Waals surface area contributed by atoms with E-state index >= 15 is 0 Å². The van der Waals surface area contributed by atoms with Crippen molar-refractivity contribution in [1.82, 2.24) is 0 Å². The Morgan fingerprint density at radius 3 is 2.55 bits per heavy atom. The predicted molar refractivity (Wildman–Crippen MR) is 45.1 cm³/mol. The maximum absolute atomic E-state index is 7.50. The molecule has 58 valence electrons. The number of hydrogen-bond acceptors (Lipinski definition) is 2. The van der Waals surface area contributed by atoms with Crippen molar-refractivity contribution in [1.29, 1.82) is 5.41 Å². The van der Waals surface area contributed by atoms with Crippen LogP contribution in [0.5, 0.6) is 0 Å². The topological polar surface area (TPSA) is 33.1 Å². The molecule has 0 aliphatic heterocycles. The summed E-state index contributed by atoms with van der Waals surface area (Å²) in [6.07, 6.45) is 0. The summed E-state index contributed by atoms with van der Waals surface area (Å²) in [5.74, 6) is 0. The molecule has 0 fully saturated rings. The first-order chi connectivity index (χ1) is 5.34. The van der Waals surface area contributed by atoms with Crippen molar-refractivity contribution in [2.45, 2.75) is 0 Å². The first-order valence-corrected chi connectivity index (χ1v) is 3.46. The molecule has 0 atom stereocenters. The third-order valence-electron chi connectivity index (χ3n) is 1.41. The van der Waals surface area contributed by atoms with Crippen LogP contribution in [-0.4, -0.2) is 19.4 Å². The van der Waals surface area contributed by atoms with Gasteiger partial charge in [-0.2, -0.15) is 0 Å². The highest BCUT2D eigenvalue weighted by Gasteiger charge is 1.97. The Morgan fingerprint density at radius 1 is 1.36 bits per heavy atom. The van der Waals surface area contributed by atoms with Crippen molar-refractivity contribution >= 4 is 5.71 Å². The van der Waals surface area contributed by atoms with E-state index in [0.717, 1.165) is 5.56 Å². The molecule has 11 heavy (non-hydrogen) atoms. The average Bonchev–Trinajstić information content (AvgIpc) is 2.07. The summed E-state index contributed by atoms with van der Waals surface area (Å²) in [7, 11) is 1.59. The number of nitrogens with one attached hydrogen (secondary N) is 1. The van der Waals surface area contributed by atoms with E-state index in [1.54, 1.807) is 7.11 Å². The highest BCUT2D eigenvalue weighted by molar-refractivity contribution is 5.99. The van der Waals surface area contributed by atoms with Crippen LogP contribution in [0.4, 0.5) is 0 Å². The summed E-state index contributed by atoms with van der Waals surface area (Å²) < 4.78 is 4.83. The second-order valence-corrected chi connectivity index (χ2v) is 2.28. The van der Waals surface area contributed by atoms with Crippen LogP contribution in [0.25, 0.3) is 0 Å². The lowest BCUT2D eigenvalue weighted by molar-refractivity contribution is 0.245. The highest BCUT2D eigenvalue weighted by atomic mass is 16.5. The Labute approximate surface area is 66.3 Å². The number of benzene rings is 1. The Bertz CT molecular complexity index is 231. The molecule has 2 nitrogen and oxygen atoms in total. The molecule has 0 aliphatic rings. The van der Waals surface area contributed by atoms with Crippen LogP contribution in [0.1, 0.15) is 5.56 Å². The second-order valence-electron chi connectivity index (χ2n) is 2.28. The molecule has 0 bridgehead atoms. The minimum atomic E-state index is 0.379. The van der Waals surface area contributed by atoms with Gasteiger partial charge in [0.25, 0.3) is 0 Å². The number of hydrogen-bond donors (Lipinski definition) is 1. The van der Waals surface area contributed by atoms with Gasteiger partial charge < -0.3 is 10.1 Å². The summed E-state index contributed by atoms with van der Waals surface area (Å²) in [5.41, 5.74) is 1.45.